The number of piperidine rings is 1. The van der Waals surface area contributed by atoms with Gasteiger partial charge in [-0.3, -0.25) is 10.1 Å². The lowest BCUT2D eigenvalue weighted by atomic mass is 9.78. The zero-order valence-corrected chi connectivity index (χ0v) is 19.4. The molecule has 3 fully saturated rings. The molecule has 0 bridgehead atoms. The molecule has 2 N–H and O–H groups in total. The zero-order valence-electron chi connectivity index (χ0n) is 18.7. The smallest absolute Gasteiger partial charge is 0.411 e. The van der Waals surface area contributed by atoms with Crippen LogP contribution in [0.3, 0.4) is 0 Å². The normalized spacial score (nSPS) is 28.3. The Morgan fingerprint density at radius 3 is 2.81 bits per heavy atom. The van der Waals surface area contributed by atoms with Crippen molar-refractivity contribution in [3.63, 3.8) is 0 Å². The second-order valence-electron chi connectivity index (χ2n) is 9.31. The Balaban J connectivity index is 1.42. The molecule has 4 rings (SSSR count). The molecule has 1 aromatic rings. The number of aromatic nitrogens is 1. The molecule has 2 amide bonds. The summed E-state index contributed by atoms with van der Waals surface area (Å²) in [7, 11) is 0. The molecule has 1 spiro atoms. The molecule has 176 valence electrons. The first-order chi connectivity index (χ1) is 15.4. The number of carbonyl (C=O) groups is 2. The summed E-state index contributed by atoms with van der Waals surface area (Å²) < 4.78 is 5.04. The average molecular weight is 465 g/mol. The van der Waals surface area contributed by atoms with Crippen molar-refractivity contribution in [2.45, 2.75) is 70.4 Å². The molecule has 3 heterocycles. The number of nitrogens with one attached hydrogen (secondary N) is 1. The lowest BCUT2D eigenvalue weighted by Crippen LogP contribution is -2.50. The molecule has 0 radical (unpaired) electrons. The van der Waals surface area contributed by atoms with Crippen LogP contribution in [0.5, 0.6) is 0 Å². The molecule has 1 aromatic heterocycles. The van der Waals surface area contributed by atoms with Crippen LogP contribution in [0.15, 0.2) is 12.3 Å². The van der Waals surface area contributed by atoms with Crippen molar-refractivity contribution in [1.82, 2.24) is 9.88 Å². The fourth-order valence-electron chi connectivity index (χ4n) is 5.34. The van der Waals surface area contributed by atoms with Crippen LogP contribution in [-0.2, 0) is 9.53 Å². The van der Waals surface area contributed by atoms with Crippen LogP contribution < -0.4 is 10.2 Å². The number of halogens is 1. The van der Waals surface area contributed by atoms with Gasteiger partial charge in [0.15, 0.2) is 0 Å². The monoisotopic (exact) mass is 464 g/mol. The topological polar surface area (TPSA) is 95.0 Å². The SMILES string of the molecule is CCCOC(=O)Nc1cnc(N2CCC[C@]3(CCN(C4CCC(O)CC4)C3=O)C2)c(Cl)c1. The fourth-order valence-corrected chi connectivity index (χ4v) is 5.62. The summed E-state index contributed by atoms with van der Waals surface area (Å²) in [5.74, 6) is 0.891. The largest absolute Gasteiger partial charge is 0.449 e. The molecule has 1 aliphatic carbocycles. The van der Waals surface area contributed by atoms with E-state index in [-0.39, 0.29) is 23.5 Å². The maximum absolute atomic E-state index is 13.5. The first kappa shape index (κ1) is 23.1. The molecule has 2 aliphatic heterocycles. The number of carbonyl (C=O) groups excluding carboxylic acids is 2. The second kappa shape index (κ2) is 9.83. The maximum atomic E-state index is 13.5. The highest BCUT2D eigenvalue weighted by Crippen LogP contribution is 2.44. The number of nitrogens with zero attached hydrogens (tertiary/aromatic N) is 3. The molecule has 1 atom stereocenters. The van der Waals surface area contributed by atoms with Crippen molar-refractivity contribution in [1.29, 1.82) is 0 Å². The Bertz CT molecular complexity index is 845. The number of pyridine rings is 1. The Morgan fingerprint density at radius 2 is 2.09 bits per heavy atom. The van der Waals surface area contributed by atoms with E-state index in [1.54, 1.807) is 12.3 Å². The van der Waals surface area contributed by atoms with Crippen molar-refractivity contribution >= 4 is 35.1 Å². The lowest BCUT2D eigenvalue weighted by molar-refractivity contribution is -0.139. The number of aliphatic hydroxyl groups is 1. The minimum Gasteiger partial charge on any atom is -0.449 e. The van der Waals surface area contributed by atoms with E-state index in [0.29, 0.717) is 29.7 Å². The van der Waals surface area contributed by atoms with Gasteiger partial charge in [0.25, 0.3) is 0 Å². The van der Waals surface area contributed by atoms with Crippen molar-refractivity contribution in [3.8, 4) is 0 Å². The third-order valence-electron chi connectivity index (χ3n) is 7.03. The maximum Gasteiger partial charge on any atom is 0.411 e. The van der Waals surface area contributed by atoms with Gasteiger partial charge in [-0.2, -0.15) is 0 Å². The van der Waals surface area contributed by atoms with E-state index in [4.69, 9.17) is 16.3 Å². The third-order valence-corrected chi connectivity index (χ3v) is 7.31. The molecule has 8 nitrogen and oxygen atoms in total. The van der Waals surface area contributed by atoms with E-state index in [9.17, 15) is 14.7 Å². The van der Waals surface area contributed by atoms with Crippen molar-refractivity contribution in [3.05, 3.63) is 17.3 Å². The van der Waals surface area contributed by atoms with Crippen LogP contribution in [0, 0.1) is 5.41 Å². The van der Waals surface area contributed by atoms with Crippen molar-refractivity contribution in [2.24, 2.45) is 5.41 Å². The fraction of sp³-hybridized carbons (Fsp3) is 0.696. The highest BCUT2D eigenvalue weighted by atomic mass is 35.5. The Morgan fingerprint density at radius 1 is 1.31 bits per heavy atom. The van der Waals surface area contributed by atoms with Gasteiger partial charge in [-0.1, -0.05) is 18.5 Å². The van der Waals surface area contributed by atoms with Gasteiger partial charge in [-0.05, 0) is 57.4 Å². The molecule has 0 aromatic carbocycles. The summed E-state index contributed by atoms with van der Waals surface area (Å²) in [6.07, 6.45) is 7.54. The summed E-state index contributed by atoms with van der Waals surface area (Å²) in [6, 6.07) is 1.93. The minimum absolute atomic E-state index is 0.220. The van der Waals surface area contributed by atoms with Crippen LogP contribution >= 0.6 is 11.6 Å². The summed E-state index contributed by atoms with van der Waals surface area (Å²) >= 11 is 6.53. The number of amides is 2. The van der Waals surface area contributed by atoms with E-state index < -0.39 is 6.09 Å². The van der Waals surface area contributed by atoms with Crippen molar-refractivity contribution in [2.75, 3.05) is 36.5 Å². The van der Waals surface area contributed by atoms with E-state index in [0.717, 1.165) is 64.5 Å². The van der Waals surface area contributed by atoms with Gasteiger partial charge < -0.3 is 19.6 Å². The third kappa shape index (κ3) is 4.81. The zero-order chi connectivity index (χ0) is 22.7. The molecule has 1 saturated carbocycles. The van der Waals surface area contributed by atoms with Crippen LogP contribution in [0.25, 0.3) is 0 Å². The molecule has 32 heavy (non-hydrogen) atoms. The first-order valence-corrected chi connectivity index (χ1v) is 12.1. The van der Waals surface area contributed by atoms with Gasteiger partial charge in [0.1, 0.15) is 5.82 Å². The highest BCUT2D eigenvalue weighted by Gasteiger charge is 2.51. The summed E-state index contributed by atoms with van der Waals surface area (Å²) in [6.45, 7) is 4.48. The summed E-state index contributed by atoms with van der Waals surface area (Å²) in [5.41, 5.74) is 0.0920. The van der Waals surface area contributed by atoms with Gasteiger partial charge in [0, 0.05) is 25.7 Å². The number of rotatable bonds is 5. The molecule has 3 aliphatic rings. The van der Waals surface area contributed by atoms with E-state index >= 15 is 0 Å². The molecule has 0 unspecified atom stereocenters. The number of anilines is 2. The minimum atomic E-state index is -0.527. The predicted molar refractivity (Wildman–Crippen MR) is 123 cm³/mol. The van der Waals surface area contributed by atoms with Gasteiger partial charge in [-0.15, -0.1) is 0 Å². The van der Waals surface area contributed by atoms with E-state index in [1.807, 2.05) is 6.92 Å². The number of aliphatic hydroxyl groups excluding tert-OH is 1. The summed E-state index contributed by atoms with van der Waals surface area (Å²) in [5, 5.41) is 12.9. The number of hydrogen-bond acceptors (Lipinski definition) is 6. The Kier molecular flexibility index (Phi) is 7.10. The average Bonchev–Trinajstić information content (AvgIpc) is 3.08. The Labute approximate surface area is 194 Å². The van der Waals surface area contributed by atoms with Gasteiger partial charge in [0.2, 0.25) is 5.91 Å². The number of hydrogen-bond donors (Lipinski definition) is 2. The van der Waals surface area contributed by atoms with Crippen LogP contribution in [0.1, 0.15) is 58.3 Å². The molecular weight excluding hydrogens is 432 g/mol. The van der Waals surface area contributed by atoms with Gasteiger partial charge in [-0.25, -0.2) is 9.78 Å². The second-order valence-corrected chi connectivity index (χ2v) is 9.71. The Hall–Kier alpha value is -2.06. The lowest BCUT2D eigenvalue weighted by Gasteiger charge is -2.41. The van der Waals surface area contributed by atoms with Gasteiger partial charge >= 0.3 is 6.09 Å². The quantitative estimate of drug-likeness (QED) is 0.687. The number of ether oxygens (including phenoxy) is 1. The highest BCUT2D eigenvalue weighted by molar-refractivity contribution is 6.33. The van der Waals surface area contributed by atoms with Crippen molar-refractivity contribution < 1.29 is 19.4 Å². The summed E-state index contributed by atoms with van der Waals surface area (Å²) in [4.78, 5) is 34.0. The molecule has 2 saturated heterocycles. The first-order valence-electron chi connectivity index (χ1n) is 11.8. The number of likely N-dealkylation sites (tertiary alicyclic amines) is 1. The van der Waals surface area contributed by atoms with Crippen LogP contribution in [0.4, 0.5) is 16.3 Å². The van der Waals surface area contributed by atoms with Crippen LogP contribution in [0.2, 0.25) is 5.02 Å². The van der Waals surface area contributed by atoms with E-state index in [1.165, 1.54) is 0 Å². The van der Waals surface area contributed by atoms with Crippen LogP contribution in [-0.4, -0.2) is 65.4 Å². The van der Waals surface area contributed by atoms with Gasteiger partial charge in [0.05, 0.1) is 35.0 Å². The van der Waals surface area contributed by atoms with E-state index in [2.05, 4.69) is 20.1 Å². The molecular formula is C23H33ClN4O4. The molecule has 9 heteroatoms. The predicted octanol–water partition coefficient (Wildman–Crippen LogP) is 3.82. The standard InChI is InChI=1S/C23H33ClN4O4/c1-2-12-32-22(31)26-16-13-19(24)20(25-14-16)27-10-3-8-23(15-27)9-11-28(21(23)30)17-4-6-18(29)7-5-17/h13-14,17-18,29H,2-12,15H2,1H3,(H,26,31)/t17?,18?,23-/m0/s1.